The Kier molecular flexibility index (Phi) is 3.45. The molecule has 1 amide bonds. The predicted octanol–water partition coefficient (Wildman–Crippen LogP) is 4.08. The maximum atomic E-state index is 13.2. The molecule has 0 saturated heterocycles. The molecule has 2 N–H and O–H groups in total. The third-order valence-electron chi connectivity index (χ3n) is 3.21. The van der Waals surface area contributed by atoms with E-state index in [1.54, 1.807) is 38.1 Å². The van der Waals surface area contributed by atoms with E-state index in [-0.39, 0.29) is 10.9 Å². The molecule has 1 aliphatic rings. The van der Waals surface area contributed by atoms with Gasteiger partial charge < -0.3 is 15.4 Å². The molecule has 0 radical (unpaired) electrons. The van der Waals surface area contributed by atoms with Crippen molar-refractivity contribution >= 4 is 28.9 Å². The average Bonchev–Trinajstić information content (AvgIpc) is 2.43. The van der Waals surface area contributed by atoms with Crippen molar-refractivity contribution in [2.45, 2.75) is 19.6 Å². The van der Waals surface area contributed by atoms with Gasteiger partial charge in [-0.25, -0.2) is 4.39 Å². The highest BCUT2D eigenvalue weighted by Gasteiger charge is 2.31. The number of anilines is 2. The zero-order chi connectivity index (χ0) is 15.9. The fourth-order valence-electron chi connectivity index (χ4n) is 2.26. The number of rotatable bonds is 2. The molecule has 114 valence electrons. The third-order valence-corrected chi connectivity index (χ3v) is 3.50. The van der Waals surface area contributed by atoms with Crippen LogP contribution in [-0.4, -0.2) is 11.6 Å². The van der Waals surface area contributed by atoms with Crippen LogP contribution in [0.3, 0.4) is 0 Å². The summed E-state index contributed by atoms with van der Waals surface area (Å²) in [6.45, 7) is 3.56. The summed E-state index contributed by atoms with van der Waals surface area (Å²) < 4.78 is 18.9. The topological polar surface area (TPSA) is 50.4 Å². The van der Waals surface area contributed by atoms with Crippen molar-refractivity contribution in [1.29, 1.82) is 0 Å². The first-order chi connectivity index (χ1) is 10.3. The molecular formula is C16H14ClFN2O2. The van der Waals surface area contributed by atoms with Crippen molar-refractivity contribution < 1.29 is 13.9 Å². The van der Waals surface area contributed by atoms with E-state index in [4.69, 9.17) is 16.3 Å². The van der Waals surface area contributed by atoms with Crippen molar-refractivity contribution in [3.8, 4) is 5.75 Å². The van der Waals surface area contributed by atoms with Crippen molar-refractivity contribution in [1.82, 2.24) is 5.32 Å². The highest BCUT2D eigenvalue weighted by molar-refractivity contribution is 6.31. The Bertz CT molecular complexity index is 762. The molecule has 6 heteroatoms. The van der Waals surface area contributed by atoms with E-state index >= 15 is 0 Å². The van der Waals surface area contributed by atoms with E-state index in [0.29, 0.717) is 22.7 Å². The summed E-state index contributed by atoms with van der Waals surface area (Å²) in [6, 6.07) is 9.52. The molecule has 0 unspecified atom stereocenters. The van der Waals surface area contributed by atoms with Gasteiger partial charge in [-0.3, -0.25) is 4.79 Å². The molecular weight excluding hydrogens is 307 g/mol. The quantitative estimate of drug-likeness (QED) is 0.876. The van der Waals surface area contributed by atoms with Crippen LogP contribution in [-0.2, 0) is 0 Å². The fourth-order valence-corrected chi connectivity index (χ4v) is 2.44. The number of ether oxygens (including phenoxy) is 1. The highest BCUT2D eigenvalue weighted by Crippen LogP contribution is 2.31. The second kappa shape index (κ2) is 5.18. The predicted molar refractivity (Wildman–Crippen MR) is 83.3 cm³/mol. The number of nitrogens with one attached hydrogen (secondary N) is 2. The van der Waals surface area contributed by atoms with Gasteiger partial charge in [-0.05, 0) is 50.2 Å². The van der Waals surface area contributed by atoms with Gasteiger partial charge in [-0.15, -0.1) is 0 Å². The largest absolute Gasteiger partial charge is 0.468 e. The number of amides is 1. The lowest BCUT2D eigenvalue weighted by Crippen LogP contribution is -2.51. The minimum atomic E-state index is -0.733. The van der Waals surface area contributed by atoms with Crippen LogP contribution in [0.2, 0.25) is 5.02 Å². The van der Waals surface area contributed by atoms with Crippen LogP contribution in [0.25, 0.3) is 0 Å². The molecule has 22 heavy (non-hydrogen) atoms. The van der Waals surface area contributed by atoms with Gasteiger partial charge in [0, 0.05) is 11.4 Å². The molecule has 0 aliphatic carbocycles. The van der Waals surface area contributed by atoms with Gasteiger partial charge in [-0.1, -0.05) is 11.6 Å². The Morgan fingerprint density at radius 3 is 2.59 bits per heavy atom. The Morgan fingerprint density at radius 1 is 1.18 bits per heavy atom. The second-order valence-electron chi connectivity index (χ2n) is 5.53. The smallest absolute Gasteiger partial charge is 0.258 e. The normalized spacial score (nSPS) is 15.5. The number of carbonyl (C=O) groups excluding carboxylic acids is 1. The Hall–Kier alpha value is -2.27. The molecule has 0 bridgehead atoms. The molecule has 1 aliphatic heterocycles. The summed E-state index contributed by atoms with van der Waals surface area (Å²) in [7, 11) is 0. The van der Waals surface area contributed by atoms with Gasteiger partial charge >= 0.3 is 0 Å². The molecule has 0 aromatic heterocycles. The molecule has 2 aromatic carbocycles. The minimum absolute atomic E-state index is 0.0331. The molecule has 0 saturated carbocycles. The number of hydrogen-bond donors (Lipinski definition) is 2. The van der Waals surface area contributed by atoms with E-state index in [1.165, 1.54) is 12.1 Å². The van der Waals surface area contributed by atoms with Crippen LogP contribution in [0.4, 0.5) is 15.8 Å². The summed E-state index contributed by atoms with van der Waals surface area (Å²) >= 11 is 5.75. The number of hydrogen-bond acceptors (Lipinski definition) is 3. The first-order valence-corrected chi connectivity index (χ1v) is 7.09. The van der Waals surface area contributed by atoms with Gasteiger partial charge in [0.2, 0.25) is 0 Å². The monoisotopic (exact) mass is 320 g/mol. The number of carbonyl (C=O) groups is 1. The summed E-state index contributed by atoms with van der Waals surface area (Å²) in [5, 5.41) is 5.87. The lowest BCUT2D eigenvalue weighted by Gasteiger charge is -2.33. The highest BCUT2D eigenvalue weighted by atomic mass is 35.5. The van der Waals surface area contributed by atoms with E-state index in [9.17, 15) is 9.18 Å². The molecule has 4 nitrogen and oxygen atoms in total. The van der Waals surface area contributed by atoms with Gasteiger partial charge in [-0.2, -0.15) is 0 Å². The maximum Gasteiger partial charge on any atom is 0.258 e. The molecule has 0 fully saturated rings. The van der Waals surface area contributed by atoms with E-state index < -0.39 is 11.5 Å². The van der Waals surface area contributed by atoms with E-state index in [2.05, 4.69) is 10.6 Å². The molecule has 0 atom stereocenters. The van der Waals surface area contributed by atoms with Crippen LogP contribution in [0.15, 0.2) is 36.4 Å². The molecule has 3 rings (SSSR count). The number of fused-ring (bicyclic) bond motifs is 1. The summed E-state index contributed by atoms with van der Waals surface area (Å²) in [5.74, 6) is -0.156. The van der Waals surface area contributed by atoms with Crippen molar-refractivity contribution in [2.75, 3.05) is 5.32 Å². The average molecular weight is 321 g/mol. The third kappa shape index (κ3) is 2.85. The van der Waals surface area contributed by atoms with Crippen LogP contribution < -0.4 is 15.4 Å². The van der Waals surface area contributed by atoms with Crippen LogP contribution in [0.5, 0.6) is 5.75 Å². The SMILES string of the molecule is CC1(C)NC(=O)c2cc(Nc3ccc(F)c(Cl)c3)ccc2O1. The lowest BCUT2D eigenvalue weighted by atomic mass is 10.1. The van der Waals surface area contributed by atoms with Gasteiger partial charge in [0.15, 0.2) is 5.72 Å². The maximum absolute atomic E-state index is 13.2. The Morgan fingerprint density at radius 2 is 1.86 bits per heavy atom. The van der Waals surface area contributed by atoms with Crippen molar-refractivity contribution in [3.63, 3.8) is 0 Å². The first kappa shape index (κ1) is 14.7. The first-order valence-electron chi connectivity index (χ1n) is 6.72. The standard InChI is InChI=1S/C16H14ClFN2O2/c1-16(2)20-15(21)11-7-9(4-6-14(11)22-16)19-10-3-5-13(18)12(17)8-10/h3-8,19H,1-2H3,(H,20,21). The second-order valence-corrected chi connectivity index (χ2v) is 5.94. The molecule has 2 aromatic rings. The van der Waals surface area contributed by atoms with Crippen LogP contribution >= 0.6 is 11.6 Å². The van der Waals surface area contributed by atoms with Crippen molar-refractivity contribution in [3.05, 3.63) is 52.8 Å². The summed E-state index contributed by atoms with van der Waals surface area (Å²) in [5.41, 5.74) is 1.02. The van der Waals surface area contributed by atoms with E-state index in [0.717, 1.165) is 0 Å². The van der Waals surface area contributed by atoms with Gasteiger partial charge in [0.1, 0.15) is 11.6 Å². The summed E-state index contributed by atoms with van der Waals surface area (Å²) in [6.07, 6.45) is 0. The molecule has 0 spiro atoms. The Balaban J connectivity index is 1.89. The number of halogens is 2. The Labute approximate surface area is 132 Å². The zero-order valence-electron chi connectivity index (χ0n) is 12.0. The molecule has 1 heterocycles. The van der Waals surface area contributed by atoms with Crippen LogP contribution in [0, 0.1) is 5.82 Å². The van der Waals surface area contributed by atoms with Gasteiger partial charge in [0.25, 0.3) is 5.91 Å². The zero-order valence-corrected chi connectivity index (χ0v) is 12.8. The fraction of sp³-hybridized carbons (Fsp3) is 0.188. The van der Waals surface area contributed by atoms with E-state index in [1.807, 2.05) is 0 Å². The van der Waals surface area contributed by atoms with Crippen LogP contribution in [0.1, 0.15) is 24.2 Å². The van der Waals surface area contributed by atoms with Crippen molar-refractivity contribution in [2.24, 2.45) is 0 Å². The lowest BCUT2D eigenvalue weighted by molar-refractivity contribution is 0.0433. The summed E-state index contributed by atoms with van der Waals surface area (Å²) in [4.78, 5) is 12.1. The van der Waals surface area contributed by atoms with Gasteiger partial charge in [0.05, 0.1) is 10.6 Å². The number of benzene rings is 2. The minimum Gasteiger partial charge on any atom is -0.468 e.